The molecule has 2 aromatic carbocycles. The highest BCUT2D eigenvalue weighted by Crippen LogP contribution is 2.19. The number of aliphatic imine (C=N–C) groups is 1. The molecule has 0 bridgehead atoms. The van der Waals surface area contributed by atoms with E-state index in [9.17, 15) is 4.79 Å². The minimum Gasteiger partial charge on any atom is -0.489 e. The summed E-state index contributed by atoms with van der Waals surface area (Å²) in [5.74, 6) is 1.64. The molecule has 1 heterocycles. The molecule has 0 spiro atoms. The van der Waals surface area contributed by atoms with Crippen LogP contribution in [-0.4, -0.2) is 43.6 Å². The fourth-order valence-corrected chi connectivity index (χ4v) is 3.64. The summed E-state index contributed by atoms with van der Waals surface area (Å²) in [4.78, 5) is 18.6. The standard InChI is InChI=1S/C24H31N3O3/c1-3-29-23(28)19-13-15-27(16-14-19)24(25-2)26-17-20-9-7-8-10-21(20)18-30-22-11-5-4-6-12-22/h4-12,19H,3,13-18H2,1-2H3,(H,25,26). The maximum atomic E-state index is 12.0. The van der Waals surface area contributed by atoms with Crippen molar-refractivity contribution in [3.8, 4) is 5.75 Å². The molecule has 30 heavy (non-hydrogen) atoms. The van der Waals surface area contributed by atoms with Crippen molar-refractivity contribution < 1.29 is 14.3 Å². The van der Waals surface area contributed by atoms with E-state index in [1.54, 1.807) is 7.05 Å². The van der Waals surface area contributed by atoms with Crippen LogP contribution < -0.4 is 10.1 Å². The van der Waals surface area contributed by atoms with Crippen LogP contribution in [-0.2, 0) is 22.7 Å². The van der Waals surface area contributed by atoms with E-state index in [4.69, 9.17) is 9.47 Å². The number of rotatable bonds is 7. The van der Waals surface area contributed by atoms with E-state index >= 15 is 0 Å². The number of likely N-dealkylation sites (tertiary alicyclic amines) is 1. The lowest BCUT2D eigenvalue weighted by Gasteiger charge is -2.33. The number of nitrogens with one attached hydrogen (secondary N) is 1. The molecule has 1 N–H and O–H groups in total. The van der Waals surface area contributed by atoms with Gasteiger partial charge in [0, 0.05) is 26.7 Å². The lowest BCUT2D eigenvalue weighted by molar-refractivity contribution is -0.149. The van der Waals surface area contributed by atoms with Crippen LogP contribution in [0.4, 0.5) is 0 Å². The molecule has 0 unspecified atom stereocenters. The van der Waals surface area contributed by atoms with Gasteiger partial charge >= 0.3 is 5.97 Å². The molecule has 160 valence electrons. The van der Waals surface area contributed by atoms with Crippen molar-refractivity contribution in [1.82, 2.24) is 10.2 Å². The first-order valence-corrected chi connectivity index (χ1v) is 10.6. The zero-order valence-electron chi connectivity index (χ0n) is 17.8. The van der Waals surface area contributed by atoms with E-state index in [1.165, 1.54) is 5.56 Å². The van der Waals surface area contributed by atoms with Crippen LogP contribution >= 0.6 is 0 Å². The summed E-state index contributed by atoms with van der Waals surface area (Å²) >= 11 is 0. The molecule has 0 aromatic heterocycles. The molecule has 2 aromatic rings. The predicted molar refractivity (Wildman–Crippen MR) is 118 cm³/mol. The van der Waals surface area contributed by atoms with Crippen molar-refractivity contribution in [1.29, 1.82) is 0 Å². The Labute approximate surface area is 178 Å². The number of ether oxygens (including phenoxy) is 2. The number of benzene rings is 2. The number of piperidine rings is 1. The van der Waals surface area contributed by atoms with Gasteiger partial charge in [0.15, 0.2) is 5.96 Å². The SMILES string of the molecule is CCOC(=O)C1CCN(C(=NC)NCc2ccccc2COc2ccccc2)CC1. The van der Waals surface area contributed by atoms with Gasteiger partial charge in [0.2, 0.25) is 0 Å². The van der Waals surface area contributed by atoms with Gasteiger partial charge in [-0.2, -0.15) is 0 Å². The molecule has 0 amide bonds. The molecule has 0 aliphatic carbocycles. The quantitative estimate of drug-likeness (QED) is 0.430. The number of nitrogens with zero attached hydrogens (tertiary/aromatic N) is 2. The Kier molecular flexibility index (Phi) is 8.12. The predicted octanol–water partition coefficient (Wildman–Crippen LogP) is 3.62. The third kappa shape index (κ3) is 5.99. The number of para-hydroxylation sites is 1. The summed E-state index contributed by atoms with van der Waals surface area (Å²) in [6, 6.07) is 18.1. The average molecular weight is 410 g/mol. The van der Waals surface area contributed by atoms with Gasteiger partial charge in [-0.25, -0.2) is 0 Å². The van der Waals surface area contributed by atoms with Crippen LogP contribution in [0, 0.1) is 5.92 Å². The second-order valence-corrected chi connectivity index (χ2v) is 7.28. The Morgan fingerprint density at radius 1 is 1.07 bits per heavy atom. The highest BCUT2D eigenvalue weighted by molar-refractivity contribution is 5.80. The average Bonchev–Trinajstić information content (AvgIpc) is 2.80. The molecule has 0 radical (unpaired) electrons. The third-order valence-electron chi connectivity index (χ3n) is 5.32. The maximum absolute atomic E-state index is 12.0. The van der Waals surface area contributed by atoms with Crippen LogP contribution in [0.15, 0.2) is 59.6 Å². The molecule has 1 aliphatic heterocycles. The van der Waals surface area contributed by atoms with Crippen molar-refractivity contribution in [3.05, 3.63) is 65.7 Å². The number of carbonyl (C=O) groups is 1. The van der Waals surface area contributed by atoms with Crippen LogP contribution in [0.5, 0.6) is 5.75 Å². The van der Waals surface area contributed by atoms with E-state index in [1.807, 2.05) is 49.4 Å². The molecule has 3 rings (SSSR count). The topological polar surface area (TPSA) is 63.2 Å². The first-order chi connectivity index (χ1) is 14.7. The van der Waals surface area contributed by atoms with E-state index in [0.717, 1.165) is 43.2 Å². The Bertz CT molecular complexity index is 831. The summed E-state index contributed by atoms with van der Waals surface area (Å²) < 4.78 is 11.1. The monoisotopic (exact) mass is 409 g/mol. The van der Waals surface area contributed by atoms with Crippen LogP contribution in [0.2, 0.25) is 0 Å². The van der Waals surface area contributed by atoms with E-state index in [0.29, 0.717) is 19.8 Å². The molecular formula is C24H31N3O3. The fraction of sp³-hybridized carbons (Fsp3) is 0.417. The van der Waals surface area contributed by atoms with Gasteiger partial charge in [-0.15, -0.1) is 0 Å². The summed E-state index contributed by atoms with van der Waals surface area (Å²) in [6.45, 7) is 5.06. The highest BCUT2D eigenvalue weighted by atomic mass is 16.5. The fourth-order valence-electron chi connectivity index (χ4n) is 3.64. The minimum absolute atomic E-state index is 0.00447. The zero-order chi connectivity index (χ0) is 21.2. The van der Waals surface area contributed by atoms with Crippen molar-refractivity contribution in [2.75, 3.05) is 26.7 Å². The molecule has 6 heteroatoms. The molecule has 0 saturated carbocycles. The highest BCUT2D eigenvalue weighted by Gasteiger charge is 2.27. The Balaban J connectivity index is 1.54. The molecule has 1 saturated heterocycles. The van der Waals surface area contributed by atoms with Crippen LogP contribution in [0.25, 0.3) is 0 Å². The first kappa shape index (κ1) is 21.7. The van der Waals surface area contributed by atoms with Gasteiger partial charge in [-0.05, 0) is 43.0 Å². The van der Waals surface area contributed by atoms with E-state index in [-0.39, 0.29) is 11.9 Å². The smallest absolute Gasteiger partial charge is 0.309 e. The maximum Gasteiger partial charge on any atom is 0.309 e. The van der Waals surface area contributed by atoms with Gasteiger partial charge in [0.05, 0.1) is 12.5 Å². The van der Waals surface area contributed by atoms with Crippen LogP contribution in [0.3, 0.4) is 0 Å². The van der Waals surface area contributed by atoms with Crippen molar-refractivity contribution in [2.45, 2.75) is 32.9 Å². The first-order valence-electron chi connectivity index (χ1n) is 10.6. The number of esters is 1. The lowest BCUT2D eigenvalue weighted by Crippen LogP contribution is -2.46. The number of guanidine groups is 1. The number of carbonyl (C=O) groups excluding carboxylic acids is 1. The van der Waals surface area contributed by atoms with Gasteiger partial charge in [0.1, 0.15) is 12.4 Å². The summed E-state index contributed by atoms with van der Waals surface area (Å²) in [5.41, 5.74) is 2.32. The normalized spacial score (nSPS) is 15.0. The second kappa shape index (κ2) is 11.2. The van der Waals surface area contributed by atoms with Crippen molar-refractivity contribution in [2.24, 2.45) is 10.9 Å². The largest absolute Gasteiger partial charge is 0.489 e. The summed E-state index contributed by atoms with van der Waals surface area (Å²) in [7, 11) is 1.80. The lowest BCUT2D eigenvalue weighted by atomic mass is 9.97. The van der Waals surface area contributed by atoms with Gasteiger partial charge in [0.25, 0.3) is 0 Å². The van der Waals surface area contributed by atoms with E-state index in [2.05, 4.69) is 27.3 Å². The molecule has 1 aliphatic rings. The Morgan fingerprint density at radius 3 is 2.40 bits per heavy atom. The molecule has 1 fully saturated rings. The molecule has 0 atom stereocenters. The van der Waals surface area contributed by atoms with Crippen LogP contribution in [0.1, 0.15) is 30.9 Å². The minimum atomic E-state index is -0.0764. The number of hydrogen-bond acceptors (Lipinski definition) is 4. The Morgan fingerprint density at radius 2 is 1.73 bits per heavy atom. The second-order valence-electron chi connectivity index (χ2n) is 7.28. The van der Waals surface area contributed by atoms with Crippen molar-refractivity contribution in [3.63, 3.8) is 0 Å². The van der Waals surface area contributed by atoms with E-state index < -0.39 is 0 Å². The summed E-state index contributed by atoms with van der Waals surface area (Å²) in [5, 5.41) is 3.47. The van der Waals surface area contributed by atoms with Gasteiger partial charge in [-0.1, -0.05) is 42.5 Å². The number of hydrogen-bond donors (Lipinski definition) is 1. The van der Waals surface area contributed by atoms with Crippen molar-refractivity contribution >= 4 is 11.9 Å². The summed E-state index contributed by atoms with van der Waals surface area (Å²) in [6.07, 6.45) is 1.59. The third-order valence-corrected chi connectivity index (χ3v) is 5.32. The van der Waals surface area contributed by atoms with Gasteiger partial charge < -0.3 is 19.7 Å². The molecule has 6 nitrogen and oxygen atoms in total. The molecular weight excluding hydrogens is 378 g/mol. The zero-order valence-corrected chi connectivity index (χ0v) is 17.8. The van der Waals surface area contributed by atoms with Gasteiger partial charge in [-0.3, -0.25) is 9.79 Å². The Hall–Kier alpha value is -3.02.